The summed E-state index contributed by atoms with van der Waals surface area (Å²) in [4.78, 5) is 19.0. The molecule has 3 heterocycles. The highest BCUT2D eigenvalue weighted by molar-refractivity contribution is 5.79. The molecule has 1 aromatic carbocycles. The molecular formula is C19H25N5O. The SMILES string of the molecule is CN1CCCC1C1CCCN1C(=O)Cc1cnn(-c2ccccc2)n1. The third kappa shape index (κ3) is 3.31. The molecule has 2 aliphatic heterocycles. The second-order valence-corrected chi connectivity index (χ2v) is 7.12. The fraction of sp³-hybridized carbons (Fsp3) is 0.526. The zero-order chi connectivity index (χ0) is 17.2. The van der Waals surface area contributed by atoms with Gasteiger partial charge in [-0.3, -0.25) is 4.79 Å². The Hall–Kier alpha value is -2.21. The van der Waals surface area contributed by atoms with Crippen molar-refractivity contribution in [1.29, 1.82) is 0 Å². The number of amides is 1. The summed E-state index contributed by atoms with van der Waals surface area (Å²) in [6.07, 6.45) is 6.71. The number of likely N-dealkylation sites (tertiary alicyclic amines) is 2. The van der Waals surface area contributed by atoms with Crippen molar-refractivity contribution in [2.45, 2.75) is 44.2 Å². The van der Waals surface area contributed by atoms with Crippen molar-refractivity contribution in [2.24, 2.45) is 0 Å². The number of para-hydroxylation sites is 1. The predicted octanol–water partition coefficient (Wildman–Crippen LogP) is 1.89. The largest absolute Gasteiger partial charge is 0.338 e. The third-order valence-electron chi connectivity index (χ3n) is 5.50. The van der Waals surface area contributed by atoms with E-state index in [2.05, 4.69) is 27.0 Å². The van der Waals surface area contributed by atoms with Crippen molar-refractivity contribution in [2.75, 3.05) is 20.1 Å². The van der Waals surface area contributed by atoms with E-state index < -0.39 is 0 Å². The minimum Gasteiger partial charge on any atom is -0.338 e. The quantitative estimate of drug-likeness (QED) is 0.854. The van der Waals surface area contributed by atoms with Crippen LogP contribution in [0.3, 0.4) is 0 Å². The van der Waals surface area contributed by atoms with E-state index in [-0.39, 0.29) is 5.91 Å². The first-order chi connectivity index (χ1) is 12.2. The van der Waals surface area contributed by atoms with Crippen LogP contribution in [0.1, 0.15) is 31.4 Å². The van der Waals surface area contributed by atoms with Crippen LogP contribution in [0.5, 0.6) is 0 Å². The summed E-state index contributed by atoms with van der Waals surface area (Å²) < 4.78 is 0. The minimum atomic E-state index is 0.183. The van der Waals surface area contributed by atoms with E-state index in [1.807, 2.05) is 30.3 Å². The van der Waals surface area contributed by atoms with Crippen molar-refractivity contribution in [3.8, 4) is 5.69 Å². The molecule has 0 radical (unpaired) electrons. The number of aromatic nitrogens is 3. The Morgan fingerprint density at radius 2 is 1.88 bits per heavy atom. The zero-order valence-corrected chi connectivity index (χ0v) is 14.7. The Morgan fingerprint density at radius 3 is 2.64 bits per heavy atom. The van der Waals surface area contributed by atoms with E-state index in [9.17, 15) is 4.79 Å². The van der Waals surface area contributed by atoms with Gasteiger partial charge in [0.05, 0.1) is 24.0 Å². The van der Waals surface area contributed by atoms with Crippen LogP contribution in [-0.2, 0) is 11.2 Å². The summed E-state index contributed by atoms with van der Waals surface area (Å²) in [6.45, 7) is 2.02. The van der Waals surface area contributed by atoms with Gasteiger partial charge in [0.2, 0.25) is 5.91 Å². The van der Waals surface area contributed by atoms with E-state index in [1.165, 1.54) is 12.8 Å². The second-order valence-electron chi connectivity index (χ2n) is 7.12. The molecule has 0 aliphatic carbocycles. The Balaban J connectivity index is 1.44. The van der Waals surface area contributed by atoms with E-state index in [0.29, 0.717) is 18.5 Å². The molecule has 0 N–H and O–H groups in total. The molecule has 0 saturated carbocycles. The number of hydrogen-bond acceptors (Lipinski definition) is 4. The van der Waals surface area contributed by atoms with Gasteiger partial charge in [0.1, 0.15) is 0 Å². The molecule has 2 unspecified atom stereocenters. The lowest BCUT2D eigenvalue weighted by Crippen LogP contribution is -2.47. The van der Waals surface area contributed by atoms with Crippen LogP contribution in [0.4, 0.5) is 0 Å². The third-order valence-corrected chi connectivity index (χ3v) is 5.50. The summed E-state index contributed by atoms with van der Waals surface area (Å²) in [5, 5.41) is 8.78. The van der Waals surface area contributed by atoms with Crippen molar-refractivity contribution in [3.63, 3.8) is 0 Å². The van der Waals surface area contributed by atoms with Gasteiger partial charge in [-0.2, -0.15) is 15.0 Å². The maximum atomic E-state index is 12.9. The first-order valence-corrected chi connectivity index (χ1v) is 9.19. The molecular weight excluding hydrogens is 314 g/mol. The van der Waals surface area contributed by atoms with E-state index in [0.717, 1.165) is 37.3 Å². The van der Waals surface area contributed by atoms with Crippen LogP contribution in [0.2, 0.25) is 0 Å². The first kappa shape index (κ1) is 16.3. The average Bonchev–Trinajstić information content (AvgIpc) is 3.35. The Kier molecular flexibility index (Phi) is 4.53. The highest BCUT2D eigenvalue weighted by atomic mass is 16.2. The van der Waals surface area contributed by atoms with Gasteiger partial charge in [-0.25, -0.2) is 0 Å². The van der Waals surface area contributed by atoms with Gasteiger partial charge < -0.3 is 9.80 Å². The van der Waals surface area contributed by atoms with Crippen LogP contribution in [0.15, 0.2) is 36.5 Å². The summed E-state index contributed by atoms with van der Waals surface area (Å²) in [5.74, 6) is 0.183. The summed E-state index contributed by atoms with van der Waals surface area (Å²) in [5.41, 5.74) is 1.65. The number of carbonyl (C=O) groups excluding carboxylic acids is 1. The van der Waals surface area contributed by atoms with Crippen LogP contribution < -0.4 is 0 Å². The van der Waals surface area contributed by atoms with Crippen molar-refractivity contribution >= 4 is 5.91 Å². The molecule has 1 aromatic heterocycles. The molecule has 25 heavy (non-hydrogen) atoms. The number of benzene rings is 1. The van der Waals surface area contributed by atoms with Gasteiger partial charge in [-0.1, -0.05) is 18.2 Å². The van der Waals surface area contributed by atoms with Crippen LogP contribution in [0.25, 0.3) is 5.69 Å². The molecule has 4 rings (SSSR count). The molecule has 2 aliphatic rings. The highest BCUT2D eigenvalue weighted by Crippen LogP contribution is 2.29. The molecule has 6 heteroatoms. The Morgan fingerprint density at radius 1 is 1.12 bits per heavy atom. The van der Waals surface area contributed by atoms with Gasteiger partial charge >= 0.3 is 0 Å². The van der Waals surface area contributed by atoms with Crippen molar-refractivity contribution in [1.82, 2.24) is 24.8 Å². The lowest BCUT2D eigenvalue weighted by atomic mass is 10.0. The van der Waals surface area contributed by atoms with Gasteiger partial charge in [0, 0.05) is 18.6 Å². The number of likely N-dealkylation sites (N-methyl/N-ethyl adjacent to an activating group) is 1. The number of hydrogen-bond donors (Lipinski definition) is 0. The predicted molar refractivity (Wildman–Crippen MR) is 95.5 cm³/mol. The summed E-state index contributed by atoms with van der Waals surface area (Å²) in [6, 6.07) is 10.7. The van der Waals surface area contributed by atoms with E-state index >= 15 is 0 Å². The maximum absolute atomic E-state index is 12.9. The monoisotopic (exact) mass is 339 g/mol. The standard InChI is InChI=1S/C19H25N5O/c1-22-11-5-9-17(22)18-10-6-12-23(18)19(25)13-15-14-20-24(21-15)16-7-3-2-4-8-16/h2-4,7-8,14,17-18H,5-6,9-13H2,1H3. The van der Waals surface area contributed by atoms with Crippen molar-refractivity contribution < 1.29 is 4.79 Å². The van der Waals surface area contributed by atoms with Gasteiger partial charge in [-0.15, -0.1) is 0 Å². The van der Waals surface area contributed by atoms with Gasteiger partial charge in [-0.05, 0) is 51.4 Å². The van der Waals surface area contributed by atoms with Crippen LogP contribution in [0, 0.1) is 0 Å². The molecule has 2 fully saturated rings. The van der Waals surface area contributed by atoms with Gasteiger partial charge in [0.25, 0.3) is 0 Å². The summed E-state index contributed by atoms with van der Waals surface area (Å²) in [7, 11) is 2.18. The Bertz CT molecular complexity index is 728. The molecule has 1 amide bonds. The summed E-state index contributed by atoms with van der Waals surface area (Å²) >= 11 is 0. The molecule has 2 saturated heterocycles. The molecule has 132 valence electrons. The fourth-order valence-corrected chi connectivity index (χ4v) is 4.24. The zero-order valence-electron chi connectivity index (χ0n) is 14.7. The number of carbonyl (C=O) groups is 1. The molecule has 6 nitrogen and oxygen atoms in total. The lowest BCUT2D eigenvalue weighted by molar-refractivity contribution is -0.132. The van der Waals surface area contributed by atoms with Gasteiger partial charge in [0.15, 0.2) is 0 Å². The van der Waals surface area contributed by atoms with E-state index in [1.54, 1.807) is 11.0 Å². The average molecular weight is 339 g/mol. The smallest absolute Gasteiger partial charge is 0.229 e. The molecule has 0 spiro atoms. The molecule has 2 atom stereocenters. The normalized spacial score (nSPS) is 24.1. The first-order valence-electron chi connectivity index (χ1n) is 9.19. The minimum absolute atomic E-state index is 0.183. The molecule has 0 bridgehead atoms. The van der Waals surface area contributed by atoms with E-state index in [4.69, 9.17) is 0 Å². The maximum Gasteiger partial charge on any atom is 0.229 e. The van der Waals surface area contributed by atoms with Crippen molar-refractivity contribution in [3.05, 3.63) is 42.2 Å². The fourth-order valence-electron chi connectivity index (χ4n) is 4.24. The Labute approximate surface area is 148 Å². The molecule has 2 aromatic rings. The van der Waals surface area contributed by atoms with Crippen LogP contribution >= 0.6 is 0 Å². The highest BCUT2D eigenvalue weighted by Gasteiger charge is 2.38. The second kappa shape index (κ2) is 6.96. The number of nitrogens with zero attached hydrogens (tertiary/aromatic N) is 5. The lowest BCUT2D eigenvalue weighted by Gasteiger charge is -2.33. The number of rotatable bonds is 4. The topological polar surface area (TPSA) is 54.3 Å². The van der Waals surface area contributed by atoms with Crippen LogP contribution in [-0.4, -0.2) is 62.9 Å².